The van der Waals surface area contributed by atoms with Gasteiger partial charge in [-0.3, -0.25) is 4.79 Å². The van der Waals surface area contributed by atoms with Gasteiger partial charge in [0.05, 0.1) is 11.1 Å². The first-order valence-corrected chi connectivity index (χ1v) is 7.51. The Hall–Kier alpha value is -3.15. The Labute approximate surface area is 139 Å². The number of phenols is 1. The van der Waals surface area contributed by atoms with Crippen LogP contribution >= 0.6 is 0 Å². The third kappa shape index (κ3) is 2.74. The molecule has 2 N–H and O–H groups in total. The fourth-order valence-electron chi connectivity index (χ4n) is 2.52. The van der Waals surface area contributed by atoms with Crippen LogP contribution in [0.4, 0.5) is 5.82 Å². The molecule has 0 aliphatic carbocycles. The van der Waals surface area contributed by atoms with Crippen LogP contribution in [-0.4, -0.2) is 42.1 Å². The number of nitrogens with one attached hydrogen (secondary N) is 1. The predicted molar refractivity (Wildman–Crippen MR) is 94.4 cm³/mol. The molecule has 122 valence electrons. The molecule has 0 radical (unpaired) electrons. The highest BCUT2D eigenvalue weighted by molar-refractivity contribution is 6.00. The number of rotatable bonds is 3. The number of anilines is 1. The van der Waals surface area contributed by atoms with Crippen molar-refractivity contribution in [2.45, 2.75) is 0 Å². The lowest BCUT2D eigenvalue weighted by atomic mass is 10.1. The largest absolute Gasteiger partial charge is 0.507 e. The van der Waals surface area contributed by atoms with Crippen molar-refractivity contribution in [3.8, 4) is 17.1 Å². The van der Waals surface area contributed by atoms with E-state index in [1.165, 1.54) is 0 Å². The van der Waals surface area contributed by atoms with Gasteiger partial charge in [-0.1, -0.05) is 12.1 Å². The second-order valence-electron chi connectivity index (χ2n) is 5.59. The number of benzene rings is 2. The van der Waals surface area contributed by atoms with Crippen molar-refractivity contribution in [2.75, 3.05) is 26.0 Å². The molecular weight excluding hydrogens is 304 g/mol. The molecule has 6 heteroatoms. The molecule has 24 heavy (non-hydrogen) atoms. The highest BCUT2D eigenvalue weighted by Crippen LogP contribution is 2.31. The van der Waals surface area contributed by atoms with Crippen LogP contribution in [0, 0.1) is 0 Å². The molecule has 0 atom stereocenters. The molecule has 0 fully saturated rings. The Kier molecular flexibility index (Phi) is 4.04. The third-order valence-electron chi connectivity index (χ3n) is 3.73. The van der Waals surface area contributed by atoms with Crippen LogP contribution in [0.2, 0.25) is 0 Å². The van der Waals surface area contributed by atoms with E-state index < -0.39 is 0 Å². The van der Waals surface area contributed by atoms with Crippen LogP contribution in [0.3, 0.4) is 0 Å². The van der Waals surface area contributed by atoms with Crippen molar-refractivity contribution in [2.24, 2.45) is 0 Å². The maximum Gasteiger partial charge on any atom is 0.251 e. The number of carbonyl (C=O) groups is 1. The second-order valence-corrected chi connectivity index (χ2v) is 5.59. The van der Waals surface area contributed by atoms with E-state index in [9.17, 15) is 9.90 Å². The van der Waals surface area contributed by atoms with Gasteiger partial charge in [-0.25, -0.2) is 9.97 Å². The molecule has 0 spiro atoms. The van der Waals surface area contributed by atoms with E-state index in [0.717, 1.165) is 5.39 Å². The number of aromatic nitrogens is 2. The fourth-order valence-corrected chi connectivity index (χ4v) is 2.52. The molecule has 3 aromatic rings. The first-order valence-electron chi connectivity index (χ1n) is 7.51. The number of para-hydroxylation sites is 1. The Morgan fingerprint density at radius 2 is 1.88 bits per heavy atom. The summed E-state index contributed by atoms with van der Waals surface area (Å²) in [6, 6.07) is 12.2. The molecule has 0 aliphatic rings. The lowest BCUT2D eigenvalue weighted by Crippen LogP contribution is -2.18. The van der Waals surface area contributed by atoms with Crippen LogP contribution in [0.15, 0.2) is 42.5 Å². The smallest absolute Gasteiger partial charge is 0.251 e. The zero-order valence-electron chi connectivity index (χ0n) is 13.7. The first kappa shape index (κ1) is 15.7. The van der Waals surface area contributed by atoms with E-state index in [0.29, 0.717) is 28.3 Å². The van der Waals surface area contributed by atoms with E-state index in [1.54, 1.807) is 43.4 Å². The van der Waals surface area contributed by atoms with Gasteiger partial charge in [0.1, 0.15) is 11.6 Å². The quantitative estimate of drug-likeness (QED) is 0.774. The summed E-state index contributed by atoms with van der Waals surface area (Å²) in [7, 11) is 5.35. The number of amides is 1. The summed E-state index contributed by atoms with van der Waals surface area (Å²) in [5, 5.41) is 13.5. The third-order valence-corrected chi connectivity index (χ3v) is 3.73. The van der Waals surface area contributed by atoms with Gasteiger partial charge in [0.25, 0.3) is 5.91 Å². The maximum atomic E-state index is 11.9. The average molecular weight is 322 g/mol. The number of aromatic hydroxyl groups is 1. The molecule has 0 saturated carbocycles. The second kappa shape index (κ2) is 6.16. The van der Waals surface area contributed by atoms with E-state index in [4.69, 9.17) is 0 Å². The van der Waals surface area contributed by atoms with Gasteiger partial charge in [-0.05, 0) is 30.3 Å². The number of hydrogen-bond donors (Lipinski definition) is 2. The summed E-state index contributed by atoms with van der Waals surface area (Å²) in [5.74, 6) is 1.09. The highest BCUT2D eigenvalue weighted by Gasteiger charge is 2.15. The van der Waals surface area contributed by atoms with E-state index in [1.807, 2.05) is 25.1 Å². The maximum absolute atomic E-state index is 11.9. The minimum Gasteiger partial charge on any atom is -0.507 e. The van der Waals surface area contributed by atoms with E-state index in [-0.39, 0.29) is 11.7 Å². The molecule has 1 aromatic heterocycles. The van der Waals surface area contributed by atoms with Gasteiger partial charge in [-0.15, -0.1) is 0 Å². The summed E-state index contributed by atoms with van der Waals surface area (Å²) in [6.07, 6.45) is 0. The van der Waals surface area contributed by atoms with Gasteiger partial charge >= 0.3 is 0 Å². The van der Waals surface area contributed by atoms with Gasteiger partial charge < -0.3 is 15.3 Å². The molecule has 1 amide bonds. The highest BCUT2D eigenvalue weighted by atomic mass is 16.3. The molecule has 3 rings (SSSR count). The Balaban J connectivity index is 2.26. The summed E-state index contributed by atoms with van der Waals surface area (Å²) < 4.78 is 0. The summed E-state index contributed by atoms with van der Waals surface area (Å²) in [6.45, 7) is 0. The van der Waals surface area contributed by atoms with E-state index in [2.05, 4.69) is 15.3 Å². The van der Waals surface area contributed by atoms with Crippen molar-refractivity contribution >= 4 is 22.6 Å². The number of nitrogens with zero attached hydrogens (tertiary/aromatic N) is 3. The Bertz CT molecular complexity index is 922. The molecule has 0 unspecified atom stereocenters. The summed E-state index contributed by atoms with van der Waals surface area (Å²) in [4.78, 5) is 22.9. The normalized spacial score (nSPS) is 10.6. The summed E-state index contributed by atoms with van der Waals surface area (Å²) in [5.41, 5.74) is 1.82. The monoisotopic (exact) mass is 322 g/mol. The lowest BCUT2D eigenvalue weighted by molar-refractivity contribution is 0.0963. The SMILES string of the molecule is CNC(=O)c1ccc2nc(-c3ccccc3O)nc(N(C)C)c2c1. The summed E-state index contributed by atoms with van der Waals surface area (Å²) >= 11 is 0. The van der Waals surface area contributed by atoms with Gasteiger partial charge in [0.2, 0.25) is 0 Å². The van der Waals surface area contributed by atoms with Crippen molar-refractivity contribution in [3.63, 3.8) is 0 Å². The Morgan fingerprint density at radius 1 is 1.12 bits per heavy atom. The number of phenolic OH excluding ortho intramolecular Hbond substituents is 1. The predicted octanol–water partition coefficient (Wildman–Crippen LogP) is 2.43. The van der Waals surface area contributed by atoms with Crippen molar-refractivity contribution in [1.29, 1.82) is 0 Å². The number of fused-ring (bicyclic) bond motifs is 1. The molecule has 1 heterocycles. The molecular formula is C18H18N4O2. The van der Waals surface area contributed by atoms with Crippen LogP contribution in [0.5, 0.6) is 5.75 Å². The molecule has 0 saturated heterocycles. The van der Waals surface area contributed by atoms with Crippen molar-refractivity contribution in [1.82, 2.24) is 15.3 Å². The average Bonchev–Trinajstić information content (AvgIpc) is 2.59. The van der Waals surface area contributed by atoms with Crippen molar-refractivity contribution < 1.29 is 9.90 Å². The van der Waals surface area contributed by atoms with Crippen LogP contribution < -0.4 is 10.2 Å². The lowest BCUT2D eigenvalue weighted by Gasteiger charge is -2.16. The Morgan fingerprint density at radius 3 is 2.54 bits per heavy atom. The van der Waals surface area contributed by atoms with Gasteiger partial charge in [0, 0.05) is 32.1 Å². The molecule has 6 nitrogen and oxygen atoms in total. The zero-order chi connectivity index (χ0) is 17.3. The molecule has 2 aromatic carbocycles. The minimum absolute atomic E-state index is 0.128. The van der Waals surface area contributed by atoms with E-state index >= 15 is 0 Å². The van der Waals surface area contributed by atoms with Gasteiger partial charge in [-0.2, -0.15) is 0 Å². The van der Waals surface area contributed by atoms with Gasteiger partial charge in [0.15, 0.2) is 5.82 Å². The zero-order valence-corrected chi connectivity index (χ0v) is 13.7. The van der Waals surface area contributed by atoms with Crippen LogP contribution in [-0.2, 0) is 0 Å². The number of hydrogen-bond acceptors (Lipinski definition) is 5. The molecule has 0 aliphatic heterocycles. The topological polar surface area (TPSA) is 78.3 Å². The standard InChI is InChI=1S/C18H18N4O2/c1-19-18(24)11-8-9-14-13(10-11)17(22(2)3)21-16(20-14)12-6-4-5-7-15(12)23/h4-10,23H,1-3H3,(H,19,24). The number of carbonyl (C=O) groups excluding carboxylic acids is 1. The van der Waals surface area contributed by atoms with Crippen molar-refractivity contribution in [3.05, 3.63) is 48.0 Å². The van der Waals surface area contributed by atoms with Crippen LogP contribution in [0.1, 0.15) is 10.4 Å². The first-order chi connectivity index (χ1) is 11.5. The van der Waals surface area contributed by atoms with Crippen LogP contribution in [0.25, 0.3) is 22.3 Å². The molecule has 0 bridgehead atoms. The fraction of sp³-hybridized carbons (Fsp3) is 0.167. The minimum atomic E-state index is -0.161.